The van der Waals surface area contributed by atoms with Crippen LogP contribution in [0.5, 0.6) is 0 Å². The monoisotopic (exact) mass is 525 g/mol. The Hall–Kier alpha value is -2.98. The van der Waals surface area contributed by atoms with Gasteiger partial charge >= 0.3 is 12.0 Å². The zero-order valence-electron chi connectivity index (χ0n) is 22.2. The summed E-state index contributed by atoms with van der Waals surface area (Å²) < 4.78 is 17.9. The molecule has 2 saturated heterocycles. The zero-order valence-corrected chi connectivity index (χ0v) is 22.2. The third kappa shape index (κ3) is 7.54. The SMILES string of the molecule is CCOC(=O)CNC(=O)Nc1ccc(C2OC(CN3CCCCC3)C(C)C(c3ccc(CO)cc3)O2)cc1. The van der Waals surface area contributed by atoms with Crippen molar-refractivity contribution in [3.63, 3.8) is 0 Å². The van der Waals surface area contributed by atoms with Gasteiger partial charge in [-0.3, -0.25) is 4.79 Å². The van der Waals surface area contributed by atoms with E-state index in [1.54, 1.807) is 19.1 Å². The second kappa shape index (κ2) is 13.7. The van der Waals surface area contributed by atoms with Gasteiger partial charge < -0.3 is 34.9 Å². The van der Waals surface area contributed by atoms with E-state index in [2.05, 4.69) is 22.5 Å². The molecule has 0 radical (unpaired) electrons. The number of aliphatic hydroxyl groups is 1. The highest BCUT2D eigenvalue weighted by atomic mass is 16.7. The number of hydrogen-bond donors (Lipinski definition) is 3. The molecule has 4 rings (SSSR count). The normalized spacial score (nSPS) is 24.0. The van der Waals surface area contributed by atoms with Crippen LogP contribution in [-0.4, -0.2) is 60.9 Å². The van der Waals surface area contributed by atoms with Crippen molar-refractivity contribution in [3.8, 4) is 0 Å². The maximum atomic E-state index is 12.1. The van der Waals surface area contributed by atoms with Crippen molar-refractivity contribution in [1.29, 1.82) is 0 Å². The van der Waals surface area contributed by atoms with E-state index >= 15 is 0 Å². The number of esters is 1. The molecule has 0 saturated carbocycles. The second-order valence-corrected chi connectivity index (χ2v) is 9.92. The third-order valence-electron chi connectivity index (χ3n) is 7.15. The fourth-order valence-corrected chi connectivity index (χ4v) is 4.99. The molecule has 0 spiro atoms. The van der Waals surface area contributed by atoms with Crippen LogP contribution in [0.1, 0.15) is 62.2 Å². The first-order chi connectivity index (χ1) is 18.5. The van der Waals surface area contributed by atoms with E-state index in [9.17, 15) is 14.7 Å². The number of aliphatic hydroxyl groups excluding tert-OH is 1. The lowest BCUT2D eigenvalue weighted by Gasteiger charge is -2.43. The van der Waals surface area contributed by atoms with Gasteiger partial charge in [-0.15, -0.1) is 0 Å². The summed E-state index contributed by atoms with van der Waals surface area (Å²) in [6.07, 6.45) is 2.98. The lowest BCUT2D eigenvalue weighted by Crippen LogP contribution is -2.45. The molecule has 4 atom stereocenters. The summed E-state index contributed by atoms with van der Waals surface area (Å²) in [5, 5.41) is 14.7. The second-order valence-electron chi connectivity index (χ2n) is 9.92. The van der Waals surface area contributed by atoms with Crippen molar-refractivity contribution in [3.05, 3.63) is 65.2 Å². The van der Waals surface area contributed by atoms with Crippen LogP contribution < -0.4 is 10.6 Å². The van der Waals surface area contributed by atoms with Gasteiger partial charge in [0.15, 0.2) is 6.29 Å². The van der Waals surface area contributed by atoms with Crippen molar-refractivity contribution < 1.29 is 28.9 Å². The highest BCUT2D eigenvalue weighted by molar-refractivity contribution is 5.91. The van der Waals surface area contributed by atoms with Crippen LogP contribution in [0.15, 0.2) is 48.5 Å². The number of carbonyl (C=O) groups excluding carboxylic acids is 2. The van der Waals surface area contributed by atoms with E-state index in [1.807, 2.05) is 36.4 Å². The largest absolute Gasteiger partial charge is 0.465 e. The Morgan fingerprint density at radius 1 is 1.00 bits per heavy atom. The van der Waals surface area contributed by atoms with Gasteiger partial charge in [0.1, 0.15) is 6.54 Å². The van der Waals surface area contributed by atoms with Gasteiger partial charge in [-0.25, -0.2) is 4.79 Å². The Kier molecular flexibility index (Phi) is 10.1. The summed E-state index contributed by atoms with van der Waals surface area (Å²) in [7, 11) is 0. The van der Waals surface area contributed by atoms with E-state index in [4.69, 9.17) is 14.2 Å². The van der Waals surface area contributed by atoms with Crippen LogP contribution in [0.25, 0.3) is 0 Å². The highest BCUT2D eigenvalue weighted by Gasteiger charge is 2.39. The third-order valence-corrected chi connectivity index (χ3v) is 7.15. The summed E-state index contributed by atoms with van der Waals surface area (Å²) in [6, 6.07) is 14.8. The van der Waals surface area contributed by atoms with Gasteiger partial charge in [0.05, 0.1) is 25.4 Å². The van der Waals surface area contributed by atoms with Crippen molar-refractivity contribution in [2.24, 2.45) is 5.92 Å². The van der Waals surface area contributed by atoms with Gasteiger partial charge in [0.25, 0.3) is 0 Å². The highest BCUT2D eigenvalue weighted by Crippen LogP contribution is 2.42. The minimum Gasteiger partial charge on any atom is -0.465 e. The van der Waals surface area contributed by atoms with Gasteiger partial charge in [-0.1, -0.05) is 49.7 Å². The molecule has 38 heavy (non-hydrogen) atoms. The Bertz CT molecular complexity index is 1040. The molecule has 0 aromatic heterocycles. The van der Waals surface area contributed by atoms with E-state index in [-0.39, 0.29) is 37.9 Å². The first-order valence-corrected chi connectivity index (χ1v) is 13.5. The van der Waals surface area contributed by atoms with Crippen molar-refractivity contribution in [2.45, 2.75) is 58.2 Å². The van der Waals surface area contributed by atoms with Crippen LogP contribution in [-0.2, 0) is 25.6 Å². The van der Waals surface area contributed by atoms with E-state index in [1.165, 1.54) is 19.3 Å². The number of urea groups is 1. The fraction of sp³-hybridized carbons (Fsp3) is 0.517. The Morgan fingerprint density at radius 2 is 1.68 bits per heavy atom. The quantitative estimate of drug-likeness (QED) is 0.422. The summed E-state index contributed by atoms with van der Waals surface area (Å²) in [6.45, 7) is 7.00. The molecule has 2 amide bonds. The smallest absolute Gasteiger partial charge is 0.325 e. The number of hydrogen-bond acceptors (Lipinski definition) is 7. The van der Waals surface area contributed by atoms with Gasteiger partial charge in [-0.05, 0) is 56.1 Å². The van der Waals surface area contributed by atoms with Gasteiger partial charge in [-0.2, -0.15) is 0 Å². The number of rotatable bonds is 9. The first kappa shape index (κ1) is 28.0. The molecule has 9 nitrogen and oxygen atoms in total. The summed E-state index contributed by atoms with van der Waals surface area (Å²) in [4.78, 5) is 26.1. The van der Waals surface area contributed by atoms with E-state index in [0.29, 0.717) is 5.69 Å². The Morgan fingerprint density at radius 3 is 2.34 bits per heavy atom. The molecule has 9 heteroatoms. The number of carbonyl (C=O) groups is 2. The average molecular weight is 526 g/mol. The molecule has 2 aromatic carbocycles. The van der Waals surface area contributed by atoms with Crippen LogP contribution in [0.3, 0.4) is 0 Å². The van der Waals surface area contributed by atoms with Crippen LogP contribution in [0, 0.1) is 5.92 Å². The number of nitrogens with one attached hydrogen (secondary N) is 2. The molecule has 2 aliphatic rings. The van der Waals surface area contributed by atoms with E-state index in [0.717, 1.165) is 36.3 Å². The first-order valence-electron chi connectivity index (χ1n) is 13.5. The van der Waals surface area contributed by atoms with Crippen molar-refractivity contribution in [1.82, 2.24) is 10.2 Å². The molecule has 2 aromatic rings. The minimum atomic E-state index is -0.560. The van der Waals surface area contributed by atoms with Crippen molar-refractivity contribution in [2.75, 3.05) is 38.1 Å². The number of amides is 2. The molecule has 2 aliphatic heterocycles. The molecule has 0 bridgehead atoms. The standard InChI is InChI=1S/C29H39N3O6/c1-3-36-26(34)17-30-29(35)31-24-13-11-23(12-14-24)28-37-25(18-32-15-5-4-6-16-32)20(2)27(38-28)22-9-7-21(19-33)8-10-22/h7-14,20,25,27-28,33H,3-6,15-19H2,1-2H3,(H2,30,31,35). The molecule has 4 unspecified atom stereocenters. The number of benzene rings is 2. The van der Waals surface area contributed by atoms with E-state index < -0.39 is 18.3 Å². The molecule has 0 aliphatic carbocycles. The Balaban J connectivity index is 1.45. The lowest BCUT2D eigenvalue weighted by atomic mass is 9.89. The summed E-state index contributed by atoms with van der Waals surface area (Å²) in [5.41, 5.74) is 3.36. The summed E-state index contributed by atoms with van der Waals surface area (Å²) >= 11 is 0. The predicted octanol–water partition coefficient (Wildman–Crippen LogP) is 4.14. The molecule has 206 valence electrons. The fourth-order valence-electron chi connectivity index (χ4n) is 4.99. The van der Waals surface area contributed by atoms with Crippen LogP contribution in [0.2, 0.25) is 0 Å². The number of nitrogens with zero attached hydrogens (tertiary/aromatic N) is 1. The maximum absolute atomic E-state index is 12.1. The van der Waals surface area contributed by atoms with Crippen LogP contribution >= 0.6 is 0 Å². The molecule has 3 N–H and O–H groups in total. The summed E-state index contributed by atoms with van der Waals surface area (Å²) in [5.74, 6) is -0.351. The zero-order chi connectivity index (χ0) is 26.9. The topological polar surface area (TPSA) is 109 Å². The Labute approximate surface area is 224 Å². The van der Waals surface area contributed by atoms with Crippen LogP contribution in [0.4, 0.5) is 10.5 Å². The van der Waals surface area contributed by atoms with Gasteiger partial charge in [0.2, 0.25) is 0 Å². The molecule has 2 fully saturated rings. The molecule has 2 heterocycles. The predicted molar refractivity (Wildman–Crippen MR) is 143 cm³/mol. The lowest BCUT2D eigenvalue weighted by molar-refractivity contribution is -0.276. The number of anilines is 1. The number of likely N-dealkylation sites (tertiary alicyclic amines) is 1. The molecular weight excluding hydrogens is 486 g/mol. The average Bonchev–Trinajstić information content (AvgIpc) is 2.94. The van der Waals surface area contributed by atoms with Crippen molar-refractivity contribution >= 4 is 17.7 Å². The minimum absolute atomic E-state index is 0.00586. The maximum Gasteiger partial charge on any atom is 0.325 e. The molecular formula is C29H39N3O6. The number of ether oxygens (including phenoxy) is 3. The van der Waals surface area contributed by atoms with Gasteiger partial charge in [0, 0.05) is 23.7 Å². The number of piperidine rings is 1.